The van der Waals surface area contributed by atoms with Crippen molar-refractivity contribution in [2.75, 3.05) is 6.61 Å². The lowest BCUT2D eigenvalue weighted by Crippen LogP contribution is -2.40. The molecule has 1 unspecified atom stereocenters. The molecule has 0 saturated heterocycles. The molecule has 0 fully saturated rings. The molecule has 0 aromatic heterocycles. The van der Waals surface area contributed by atoms with Crippen LogP contribution in [0.15, 0.2) is 29.2 Å². The topological polar surface area (TPSA) is 26.3 Å². The van der Waals surface area contributed by atoms with Crippen molar-refractivity contribution in [3.8, 4) is 11.2 Å². The second-order valence-corrected chi connectivity index (χ2v) is 12.7. The van der Waals surface area contributed by atoms with Crippen molar-refractivity contribution in [2.24, 2.45) is 0 Å². The van der Waals surface area contributed by atoms with Gasteiger partial charge in [0.25, 0.3) is 0 Å². The van der Waals surface area contributed by atoms with E-state index in [0.717, 1.165) is 10.5 Å². The first-order valence-corrected chi connectivity index (χ1v) is 11.3. The lowest BCUT2D eigenvalue weighted by atomic mass is 10.2. The first kappa shape index (κ1) is 18.2. The van der Waals surface area contributed by atoms with E-state index < -0.39 is 19.1 Å². The van der Waals surface area contributed by atoms with Crippen molar-refractivity contribution < 1.29 is 8.63 Å². The predicted octanol–water partition coefficient (Wildman–Crippen LogP) is 4.48. The zero-order valence-electron chi connectivity index (χ0n) is 13.9. The first-order valence-electron chi connectivity index (χ1n) is 7.24. The standard InChI is InChI=1S/C17H26O2SSi/c1-15-9-11-16(12-10-15)20(18)14-8-7-13-19-21(5,6)17(2,3)4/h9-12H,7,13H2,1-6H3. The zero-order valence-corrected chi connectivity index (χ0v) is 15.8. The van der Waals surface area contributed by atoms with Crippen molar-refractivity contribution in [3.63, 3.8) is 0 Å². The Morgan fingerprint density at radius 3 is 2.29 bits per heavy atom. The van der Waals surface area contributed by atoms with Crippen LogP contribution in [0.3, 0.4) is 0 Å². The number of benzene rings is 1. The summed E-state index contributed by atoms with van der Waals surface area (Å²) < 4.78 is 18.0. The molecule has 0 bridgehead atoms. The molecular formula is C17H26O2SSi. The summed E-state index contributed by atoms with van der Waals surface area (Å²) in [7, 11) is -2.93. The van der Waals surface area contributed by atoms with Gasteiger partial charge < -0.3 is 4.43 Å². The molecule has 1 rings (SSSR count). The molecule has 21 heavy (non-hydrogen) atoms. The average molecular weight is 323 g/mol. The highest BCUT2D eigenvalue weighted by molar-refractivity contribution is 7.89. The second-order valence-electron chi connectivity index (χ2n) is 6.72. The van der Waals surface area contributed by atoms with Crippen LogP contribution in [0.25, 0.3) is 0 Å². The Labute approximate surface area is 132 Å². The summed E-state index contributed by atoms with van der Waals surface area (Å²) in [6.07, 6.45) is 0.629. The van der Waals surface area contributed by atoms with Crippen LogP contribution in [0.2, 0.25) is 18.1 Å². The van der Waals surface area contributed by atoms with Crippen molar-refractivity contribution >= 4 is 19.1 Å². The van der Waals surface area contributed by atoms with Gasteiger partial charge in [0.2, 0.25) is 0 Å². The number of rotatable bonds is 4. The third kappa shape index (κ3) is 5.78. The van der Waals surface area contributed by atoms with Gasteiger partial charge in [0.1, 0.15) is 10.8 Å². The molecule has 0 radical (unpaired) electrons. The Morgan fingerprint density at radius 1 is 1.19 bits per heavy atom. The highest BCUT2D eigenvalue weighted by atomic mass is 32.2. The summed E-state index contributed by atoms with van der Waals surface area (Å²) in [5.41, 5.74) is 1.16. The van der Waals surface area contributed by atoms with E-state index in [0.29, 0.717) is 13.0 Å². The Bertz CT molecular complexity index is 545. The van der Waals surface area contributed by atoms with Crippen molar-refractivity contribution in [3.05, 3.63) is 29.8 Å². The molecule has 1 atom stereocenters. The van der Waals surface area contributed by atoms with Gasteiger partial charge in [0.05, 0.1) is 4.90 Å². The fourth-order valence-electron chi connectivity index (χ4n) is 1.41. The van der Waals surface area contributed by atoms with Crippen molar-refractivity contribution in [2.45, 2.75) is 57.1 Å². The smallest absolute Gasteiger partial charge is 0.192 e. The Balaban J connectivity index is 2.47. The van der Waals surface area contributed by atoms with Crippen molar-refractivity contribution in [1.82, 2.24) is 0 Å². The van der Waals surface area contributed by atoms with E-state index in [9.17, 15) is 4.21 Å². The van der Waals surface area contributed by atoms with Gasteiger partial charge in [-0.2, -0.15) is 0 Å². The fraction of sp³-hybridized carbons (Fsp3) is 0.529. The lowest BCUT2D eigenvalue weighted by Gasteiger charge is -2.35. The van der Waals surface area contributed by atoms with E-state index in [4.69, 9.17) is 4.43 Å². The predicted molar refractivity (Wildman–Crippen MR) is 93.1 cm³/mol. The molecule has 0 aliphatic heterocycles. The molecule has 0 N–H and O–H groups in total. The fourth-order valence-corrected chi connectivity index (χ4v) is 3.19. The van der Waals surface area contributed by atoms with Gasteiger partial charge in [-0.1, -0.05) is 44.4 Å². The molecule has 4 heteroatoms. The first-order chi connectivity index (χ1) is 9.63. The van der Waals surface area contributed by atoms with E-state index in [2.05, 4.69) is 45.0 Å². The number of hydrogen-bond acceptors (Lipinski definition) is 2. The van der Waals surface area contributed by atoms with Gasteiger partial charge in [-0.25, -0.2) is 4.21 Å². The third-order valence-electron chi connectivity index (χ3n) is 3.90. The molecule has 116 valence electrons. The van der Waals surface area contributed by atoms with Gasteiger partial charge in [-0.05, 0) is 37.2 Å². The van der Waals surface area contributed by atoms with Crippen LogP contribution in [-0.2, 0) is 15.2 Å². The average Bonchev–Trinajstić information content (AvgIpc) is 2.37. The largest absolute Gasteiger partial charge is 0.416 e. The van der Waals surface area contributed by atoms with Crippen LogP contribution in [0.1, 0.15) is 32.8 Å². The maximum absolute atomic E-state index is 12.0. The number of aryl methyl sites for hydroxylation is 1. The van der Waals surface area contributed by atoms with E-state index in [1.807, 2.05) is 31.2 Å². The normalized spacial score (nSPS) is 13.4. The van der Waals surface area contributed by atoms with Crippen LogP contribution < -0.4 is 0 Å². The molecular weight excluding hydrogens is 296 g/mol. The minimum absolute atomic E-state index is 0.213. The van der Waals surface area contributed by atoms with Gasteiger partial charge >= 0.3 is 0 Å². The summed E-state index contributed by atoms with van der Waals surface area (Å²) in [6, 6.07) is 7.64. The molecule has 0 heterocycles. The molecule has 0 aliphatic rings. The van der Waals surface area contributed by atoms with E-state index >= 15 is 0 Å². The van der Waals surface area contributed by atoms with E-state index in [1.54, 1.807) is 0 Å². The molecule has 1 aromatic rings. The highest BCUT2D eigenvalue weighted by Gasteiger charge is 2.36. The van der Waals surface area contributed by atoms with Gasteiger partial charge in [0, 0.05) is 18.3 Å². The molecule has 1 aromatic carbocycles. The van der Waals surface area contributed by atoms with Gasteiger partial charge in [-0.15, -0.1) is 0 Å². The quantitative estimate of drug-likeness (QED) is 0.464. The van der Waals surface area contributed by atoms with Crippen LogP contribution >= 0.6 is 0 Å². The molecule has 0 spiro atoms. The van der Waals surface area contributed by atoms with Crippen LogP contribution in [-0.4, -0.2) is 19.1 Å². The van der Waals surface area contributed by atoms with Crippen LogP contribution in [0.4, 0.5) is 0 Å². The minimum atomic E-state index is -1.70. The maximum atomic E-state index is 12.0. The van der Waals surface area contributed by atoms with Crippen molar-refractivity contribution in [1.29, 1.82) is 0 Å². The van der Waals surface area contributed by atoms with E-state index in [-0.39, 0.29) is 5.04 Å². The Hall–Kier alpha value is -0.893. The summed E-state index contributed by atoms with van der Waals surface area (Å²) in [6.45, 7) is 13.7. The monoisotopic (exact) mass is 322 g/mol. The van der Waals surface area contributed by atoms with Gasteiger partial charge in [0.15, 0.2) is 8.32 Å². The summed E-state index contributed by atoms with van der Waals surface area (Å²) in [5, 5.41) is 3.01. The SMILES string of the molecule is Cc1ccc(S(=O)C#CCCO[Si](C)(C)C(C)(C)C)cc1. The highest BCUT2D eigenvalue weighted by Crippen LogP contribution is 2.36. The van der Waals surface area contributed by atoms with Crippen LogP contribution in [0.5, 0.6) is 0 Å². The second kappa shape index (κ2) is 7.39. The summed E-state index contributed by atoms with van der Waals surface area (Å²) in [5.74, 6) is 2.97. The molecule has 0 aliphatic carbocycles. The summed E-state index contributed by atoms with van der Waals surface area (Å²) >= 11 is 0. The summed E-state index contributed by atoms with van der Waals surface area (Å²) in [4.78, 5) is 0.762. The molecule has 0 saturated carbocycles. The van der Waals surface area contributed by atoms with Crippen LogP contribution in [0, 0.1) is 18.1 Å². The van der Waals surface area contributed by atoms with Gasteiger partial charge in [-0.3, -0.25) is 0 Å². The van der Waals surface area contributed by atoms with E-state index in [1.165, 1.54) is 0 Å². The lowest BCUT2D eigenvalue weighted by molar-refractivity contribution is 0.296. The molecule has 2 nitrogen and oxygen atoms in total. The Kier molecular flexibility index (Phi) is 6.39. The zero-order chi connectivity index (χ0) is 16.1. The Morgan fingerprint density at radius 2 is 1.76 bits per heavy atom. The molecule has 0 amide bonds. The number of hydrogen-bond donors (Lipinski definition) is 0. The maximum Gasteiger partial charge on any atom is 0.192 e. The minimum Gasteiger partial charge on any atom is -0.416 e. The third-order valence-corrected chi connectivity index (χ3v) is 9.46.